The highest BCUT2D eigenvalue weighted by atomic mass is 28.3. The molecule has 0 saturated heterocycles. The summed E-state index contributed by atoms with van der Waals surface area (Å²) in [6.45, 7) is 6.86. The molecule has 1 aromatic rings. The fourth-order valence-corrected chi connectivity index (χ4v) is 4.09. The number of nitrogens with two attached hydrogens (primary N) is 1. The van der Waals surface area contributed by atoms with Crippen LogP contribution < -0.4 is 10.9 Å². The van der Waals surface area contributed by atoms with Gasteiger partial charge in [-0.05, 0) is 6.42 Å². The maximum Gasteiger partial charge on any atom is 0.0980 e. The SMILES string of the molecule is CCC(N)[Si](C)(C)c1ccccc1. The van der Waals surface area contributed by atoms with Gasteiger partial charge in [-0.2, -0.15) is 0 Å². The van der Waals surface area contributed by atoms with Crippen LogP contribution in [0.1, 0.15) is 13.3 Å². The van der Waals surface area contributed by atoms with E-state index in [1.807, 2.05) is 0 Å². The normalized spacial score (nSPS) is 14.2. The molecule has 0 radical (unpaired) electrons. The molecule has 0 aliphatic heterocycles. The molecule has 1 aromatic carbocycles. The van der Waals surface area contributed by atoms with Crippen LogP contribution in [0.25, 0.3) is 0 Å². The van der Waals surface area contributed by atoms with Gasteiger partial charge in [0, 0.05) is 5.67 Å². The van der Waals surface area contributed by atoms with Crippen molar-refractivity contribution in [2.24, 2.45) is 5.73 Å². The molecule has 1 atom stereocenters. The molecular weight excluding hydrogens is 174 g/mol. The van der Waals surface area contributed by atoms with E-state index in [0.29, 0.717) is 5.67 Å². The second-order valence-corrected chi connectivity index (χ2v) is 8.86. The fraction of sp³-hybridized carbons (Fsp3) is 0.455. The van der Waals surface area contributed by atoms with Crippen molar-refractivity contribution in [3.8, 4) is 0 Å². The molecule has 0 fully saturated rings. The zero-order valence-corrected chi connectivity index (χ0v) is 9.75. The predicted molar refractivity (Wildman–Crippen MR) is 61.8 cm³/mol. The Hall–Kier alpha value is -0.603. The molecule has 0 aromatic heterocycles. The monoisotopic (exact) mass is 193 g/mol. The Labute approximate surface area is 82.0 Å². The number of hydrogen-bond acceptors (Lipinski definition) is 1. The van der Waals surface area contributed by atoms with E-state index >= 15 is 0 Å². The number of hydrogen-bond donors (Lipinski definition) is 1. The molecular formula is C11H19NSi. The van der Waals surface area contributed by atoms with E-state index in [1.54, 1.807) is 0 Å². The van der Waals surface area contributed by atoms with Gasteiger partial charge < -0.3 is 5.73 Å². The Morgan fingerprint density at radius 3 is 2.23 bits per heavy atom. The van der Waals surface area contributed by atoms with Crippen LogP contribution in [-0.2, 0) is 0 Å². The molecule has 0 aliphatic carbocycles. The second kappa shape index (κ2) is 4.07. The highest BCUT2D eigenvalue weighted by Crippen LogP contribution is 2.09. The summed E-state index contributed by atoms with van der Waals surface area (Å²) in [4.78, 5) is 0. The van der Waals surface area contributed by atoms with E-state index < -0.39 is 8.07 Å². The lowest BCUT2D eigenvalue weighted by atomic mass is 10.4. The molecule has 1 unspecified atom stereocenters. The van der Waals surface area contributed by atoms with Crippen molar-refractivity contribution in [2.75, 3.05) is 0 Å². The summed E-state index contributed by atoms with van der Waals surface area (Å²) in [6.07, 6.45) is 1.08. The number of benzene rings is 1. The summed E-state index contributed by atoms with van der Waals surface area (Å²) in [5, 5.41) is 1.46. The van der Waals surface area contributed by atoms with Crippen molar-refractivity contribution in [3.05, 3.63) is 30.3 Å². The Bertz CT molecular complexity index is 256. The third kappa shape index (κ3) is 2.20. The zero-order valence-electron chi connectivity index (χ0n) is 8.75. The Kier molecular flexibility index (Phi) is 3.28. The average Bonchev–Trinajstić information content (AvgIpc) is 2.18. The van der Waals surface area contributed by atoms with Gasteiger partial charge in [0.05, 0.1) is 8.07 Å². The summed E-state index contributed by atoms with van der Waals surface area (Å²) in [7, 11) is -1.41. The lowest BCUT2D eigenvalue weighted by Crippen LogP contribution is -2.56. The van der Waals surface area contributed by atoms with Crippen LogP contribution in [0.15, 0.2) is 30.3 Å². The van der Waals surface area contributed by atoms with Crippen molar-refractivity contribution in [2.45, 2.75) is 32.1 Å². The van der Waals surface area contributed by atoms with Crippen LogP contribution >= 0.6 is 0 Å². The topological polar surface area (TPSA) is 26.0 Å². The highest BCUT2D eigenvalue weighted by Gasteiger charge is 2.29. The zero-order chi connectivity index (χ0) is 9.90. The summed E-state index contributed by atoms with van der Waals surface area (Å²) in [5.74, 6) is 0. The molecule has 2 heteroatoms. The van der Waals surface area contributed by atoms with Gasteiger partial charge in [-0.15, -0.1) is 0 Å². The molecule has 0 spiro atoms. The first-order valence-corrected chi connectivity index (χ1v) is 7.98. The van der Waals surface area contributed by atoms with Gasteiger partial charge in [0.1, 0.15) is 0 Å². The maximum atomic E-state index is 6.14. The third-order valence-electron chi connectivity index (χ3n) is 2.88. The van der Waals surface area contributed by atoms with Crippen molar-refractivity contribution < 1.29 is 0 Å². The van der Waals surface area contributed by atoms with Crippen molar-refractivity contribution in [3.63, 3.8) is 0 Å². The van der Waals surface area contributed by atoms with Gasteiger partial charge in [-0.25, -0.2) is 0 Å². The Morgan fingerprint density at radius 1 is 1.23 bits per heavy atom. The molecule has 0 heterocycles. The molecule has 0 bridgehead atoms. The minimum atomic E-state index is -1.41. The summed E-state index contributed by atoms with van der Waals surface area (Å²) in [5.41, 5.74) is 6.51. The molecule has 13 heavy (non-hydrogen) atoms. The summed E-state index contributed by atoms with van der Waals surface area (Å²) in [6, 6.07) is 10.7. The largest absolute Gasteiger partial charge is 0.330 e. The van der Waals surface area contributed by atoms with E-state index in [-0.39, 0.29) is 0 Å². The van der Waals surface area contributed by atoms with Crippen LogP contribution in [0.3, 0.4) is 0 Å². The summed E-state index contributed by atoms with van der Waals surface area (Å²) >= 11 is 0. The molecule has 2 N–H and O–H groups in total. The van der Waals surface area contributed by atoms with Gasteiger partial charge in [-0.3, -0.25) is 0 Å². The maximum absolute atomic E-state index is 6.14. The first-order chi connectivity index (χ1) is 6.09. The molecule has 0 amide bonds. The lowest BCUT2D eigenvalue weighted by Gasteiger charge is -2.29. The van der Waals surface area contributed by atoms with Gasteiger partial charge in [-0.1, -0.05) is 55.5 Å². The minimum Gasteiger partial charge on any atom is -0.330 e. The lowest BCUT2D eigenvalue weighted by molar-refractivity contribution is 0.825. The highest BCUT2D eigenvalue weighted by molar-refractivity contribution is 6.91. The number of rotatable bonds is 3. The van der Waals surface area contributed by atoms with Gasteiger partial charge in [0.15, 0.2) is 0 Å². The standard InChI is InChI=1S/C11H19NSi/c1-4-11(12)13(2,3)10-8-6-5-7-9-10/h5-9,11H,4,12H2,1-3H3. The molecule has 1 rings (SSSR count). The Balaban J connectivity index is 2.93. The molecule has 0 saturated carbocycles. The average molecular weight is 193 g/mol. The van der Waals surface area contributed by atoms with Gasteiger partial charge in [0.2, 0.25) is 0 Å². The quantitative estimate of drug-likeness (QED) is 0.729. The van der Waals surface area contributed by atoms with Crippen molar-refractivity contribution in [1.82, 2.24) is 0 Å². The van der Waals surface area contributed by atoms with E-state index in [1.165, 1.54) is 5.19 Å². The molecule has 72 valence electrons. The van der Waals surface area contributed by atoms with Crippen LogP contribution in [0.4, 0.5) is 0 Å². The minimum absolute atomic E-state index is 0.370. The fourth-order valence-electron chi connectivity index (χ4n) is 1.59. The first kappa shape index (κ1) is 10.5. The third-order valence-corrected chi connectivity index (χ3v) is 6.97. The van der Waals surface area contributed by atoms with E-state index in [4.69, 9.17) is 5.73 Å². The predicted octanol–water partition coefficient (Wildman–Crippen LogP) is 1.88. The van der Waals surface area contributed by atoms with Crippen molar-refractivity contribution in [1.29, 1.82) is 0 Å². The first-order valence-electron chi connectivity index (χ1n) is 4.90. The smallest absolute Gasteiger partial charge is 0.0980 e. The van der Waals surface area contributed by atoms with Crippen LogP contribution in [0, 0.1) is 0 Å². The van der Waals surface area contributed by atoms with E-state index in [2.05, 4.69) is 50.3 Å². The van der Waals surface area contributed by atoms with Crippen LogP contribution in [0.2, 0.25) is 13.1 Å². The Morgan fingerprint density at radius 2 is 1.77 bits per heavy atom. The van der Waals surface area contributed by atoms with E-state index in [0.717, 1.165) is 6.42 Å². The second-order valence-electron chi connectivity index (χ2n) is 4.10. The van der Waals surface area contributed by atoms with Crippen LogP contribution in [0.5, 0.6) is 0 Å². The van der Waals surface area contributed by atoms with Gasteiger partial charge >= 0.3 is 0 Å². The van der Waals surface area contributed by atoms with Gasteiger partial charge in [0.25, 0.3) is 0 Å². The van der Waals surface area contributed by atoms with Crippen molar-refractivity contribution >= 4 is 13.3 Å². The van der Waals surface area contributed by atoms with Crippen LogP contribution in [-0.4, -0.2) is 13.7 Å². The molecule has 0 aliphatic rings. The summed E-state index contributed by atoms with van der Waals surface area (Å²) < 4.78 is 0. The van der Waals surface area contributed by atoms with E-state index in [9.17, 15) is 0 Å². The molecule has 1 nitrogen and oxygen atoms in total.